The minimum absolute atomic E-state index is 0.0745. The Kier molecular flexibility index (Phi) is 4.09. The molecule has 122 valence electrons. The van der Waals surface area contributed by atoms with Gasteiger partial charge in [-0.2, -0.15) is 0 Å². The van der Waals surface area contributed by atoms with E-state index in [-0.39, 0.29) is 13.0 Å². The average molecular weight is 332 g/mol. The first-order valence-corrected chi connectivity index (χ1v) is 8.54. The van der Waals surface area contributed by atoms with Gasteiger partial charge in [-0.3, -0.25) is 23.4 Å². The smallest absolute Gasteiger partial charge is 0.349 e. The summed E-state index contributed by atoms with van der Waals surface area (Å²) in [5.41, 5.74) is -0.495. The predicted octanol–water partition coefficient (Wildman–Crippen LogP) is 0.292. The average Bonchev–Trinajstić information content (AvgIpc) is 2.83. The van der Waals surface area contributed by atoms with Crippen LogP contribution in [0.1, 0.15) is 31.6 Å². The van der Waals surface area contributed by atoms with E-state index in [4.69, 9.17) is 13.8 Å². The van der Waals surface area contributed by atoms with Crippen molar-refractivity contribution in [2.75, 3.05) is 6.61 Å². The molecule has 10 heteroatoms. The summed E-state index contributed by atoms with van der Waals surface area (Å²) in [7, 11) is -4.04. The number of ether oxygens (including phenoxy) is 1. The van der Waals surface area contributed by atoms with Crippen LogP contribution in [0.25, 0.3) is 0 Å². The number of hydrogen-bond donors (Lipinski definition) is 2. The van der Waals surface area contributed by atoms with Gasteiger partial charge in [0, 0.05) is 18.2 Å². The Balaban J connectivity index is 1.87. The van der Waals surface area contributed by atoms with Crippen LogP contribution in [0.2, 0.25) is 0 Å². The molecular weight excluding hydrogens is 315 g/mol. The highest BCUT2D eigenvalue weighted by atomic mass is 31.2. The number of aryl methyl sites for hydroxylation is 1. The number of hydrogen-bond acceptors (Lipinski definition) is 6. The molecule has 0 saturated carbocycles. The molecule has 0 spiro atoms. The van der Waals surface area contributed by atoms with Gasteiger partial charge >= 0.3 is 13.5 Å². The van der Waals surface area contributed by atoms with Gasteiger partial charge in [-0.05, 0) is 6.42 Å². The Morgan fingerprint density at radius 2 is 2.23 bits per heavy atom. The second-order valence-electron chi connectivity index (χ2n) is 5.34. The third-order valence-corrected chi connectivity index (χ3v) is 4.73. The van der Waals surface area contributed by atoms with Crippen LogP contribution in [0, 0.1) is 0 Å². The summed E-state index contributed by atoms with van der Waals surface area (Å²) < 4.78 is 28.0. The number of fused-ring (bicyclic) bond motifs is 1. The van der Waals surface area contributed by atoms with Crippen LogP contribution in [-0.4, -0.2) is 33.3 Å². The monoisotopic (exact) mass is 332 g/mol. The van der Waals surface area contributed by atoms with E-state index in [2.05, 4.69) is 4.98 Å². The minimum atomic E-state index is -4.04. The lowest BCUT2D eigenvalue weighted by Gasteiger charge is -2.26. The second kappa shape index (κ2) is 5.75. The third kappa shape index (κ3) is 2.95. The molecule has 0 bridgehead atoms. The summed E-state index contributed by atoms with van der Waals surface area (Å²) in [6.45, 7) is 1.86. The van der Waals surface area contributed by atoms with E-state index in [1.807, 2.05) is 6.92 Å². The normalized spacial score (nSPS) is 34.5. The highest BCUT2D eigenvalue weighted by molar-refractivity contribution is 7.47. The fourth-order valence-electron chi connectivity index (χ4n) is 2.69. The molecule has 0 aromatic carbocycles. The fourth-order valence-corrected chi connectivity index (χ4v) is 3.65. The molecule has 3 heterocycles. The second-order valence-corrected chi connectivity index (χ2v) is 6.75. The van der Waals surface area contributed by atoms with E-state index >= 15 is 0 Å². The van der Waals surface area contributed by atoms with E-state index < -0.39 is 37.5 Å². The van der Waals surface area contributed by atoms with E-state index in [0.29, 0.717) is 12.0 Å². The van der Waals surface area contributed by atoms with Crippen LogP contribution in [-0.2, 0) is 24.8 Å². The largest absolute Gasteiger partial charge is 0.472 e. The van der Waals surface area contributed by atoms with E-state index in [0.717, 1.165) is 6.42 Å². The minimum Gasteiger partial charge on any atom is -0.349 e. The third-order valence-electron chi connectivity index (χ3n) is 3.72. The van der Waals surface area contributed by atoms with E-state index in [9.17, 15) is 19.0 Å². The molecule has 3 unspecified atom stereocenters. The zero-order chi connectivity index (χ0) is 15.9. The number of phosphoric ester groups is 1. The molecule has 0 amide bonds. The molecule has 2 aliphatic rings. The Labute approximate surface area is 125 Å². The molecular formula is C12H17N2O7P. The number of rotatable bonds is 3. The molecule has 4 atom stereocenters. The van der Waals surface area contributed by atoms with Crippen LogP contribution in [0.3, 0.4) is 0 Å². The molecule has 0 aliphatic carbocycles. The molecule has 2 saturated heterocycles. The molecule has 9 nitrogen and oxygen atoms in total. The molecule has 22 heavy (non-hydrogen) atoms. The summed E-state index contributed by atoms with van der Waals surface area (Å²) in [5.74, 6) is 0. The van der Waals surface area contributed by atoms with Crippen LogP contribution in [0.15, 0.2) is 15.8 Å². The van der Waals surface area contributed by atoms with Crippen molar-refractivity contribution in [2.24, 2.45) is 0 Å². The number of aromatic nitrogens is 2. The number of aromatic amines is 1. The molecule has 1 aromatic rings. The van der Waals surface area contributed by atoms with Gasteiger partial charge in [0.1, 0.15) is 18.4 Å². The predicted molar refractivity (Wildman–Crippen MR) is 74.5 cm³/mol. The highest BCUT2D eigenvalue weighted by Crippen LogP contribution is 2.52. The lowest BCUT2D eigenvalue weighted by Crippen LogP contribution is -2.34. The number of H-pyrrole nitrogens is 1. The lowest BCUT2D eigenvalue weighted by molar-refractivity contribution is -0.0680. The van der Waals surface area contributed by atoms with Crippen molar-refractivity contribution in [1.29, 1.82) is 0 Å². The zero-order valence-corrected chi connectivity index (χ0v) is 12.8. The molecule has 2 fully saturated rings. The first-order valence-electron chi connectivity index (χ1n) is 7.05. The van der Waals surface area contributed by atoms with Crippen molar-refractivity contribution in [1.82, 2.24) is 9.55 Å². The Hall–Kier alpha value is -1.25. The number of nitrogens with zero attached hydrogens (tertiary/aromatic N) is 1. The Morgan fingerprint density at radius 1 is 1.45 bits per heavy atom. The van der Waals surface area contributed by atoms with Gasteiger partial charge in [-0.25, -0.2) is 9.36 Å². The maximum atomic E-state index is 12.0. The lowest BCUT2D eigenvalue weighted by atomic mass is 10.2. The number of phosphoric acid groups is 1. The van der Waals surface area contributed by atoms with E-state index in [1.54, 1.807) is 0 Å². The van der Waals surface area contributed by atoms with Gasteiger partial charge in [0.25, 0.3) is 5.56 Å². The van der Waals surface area contributed by atoms with Gasteiger partial charge in [-0.15, -0.1) is 0 Å². The van der Waals surface area contributed by atoms with Crippen molar-refractivity contribution in [3.8, 4) is 0 Å². The zero-order valence-electron chi connectivity index (χ0n) is 11.9. The Morgan fingerprint density at radius 3 is 2.95 bits per heavy atom. The summed E-state index contributed by atoms with van der Waals surface area (Å²) in [5, 5.41) is 0. The van der Waals surface area contributed by atoms with Crippen LogP contribution in [0.4, 0.5) is 0 Å². The van der Waals surface area contributed by atoms with Crippen LogP contribution < -0.4 is 11.2 Å². The van der Waals surface area contributed by atoms with Crippen molar-refractivity contribution in [3.63, 3.8) is 0 Å². The first kappa shape index (κ1) is 15.6. The summed E-state index contributed by atoms with van der Waals surface area (Å²) in [6.07, 6.45) is 1.21. The maximum Gasteiger partial charge on any atom is 0.472 e. The molecule has 1 aromatic heterocycles. The standard InChI is InChI=1S/C12H17N2O7P/c1-2-3-7-5-14(12(16)13-11(7)15)10-4-8-9(20-10)6-19-22(17,18)21-8/h5,8-10H,2-4,6H2,1H3,(H,17,18)(H,13,15,16)/t8?,9?,10-/m1/s1. The van der Waals surface area contributed by atoms with Gasteiger partial charge in [0.2, 0.25) is 0 Å². The summed E-state index contributed by atoms with van der Waals surface area (Å²) >= 11 is 0. The topological polar surface area (TPSA) is 120 Å². The molecule has 2 N–H and O–H groups in total. The van der Waals surface area contributed by atoms with Crippen molar-refractivity contribution >= 4 is 7.82 Å². The highest BCUT2D eigenvalue weighted by Gasteiger charge is 2.46. The van der Waals surface area contributed by atoms with Crippen LogP contribution >= 0.6 is 7.82 Å². The fraction of sp³-hybridized carbons (Fsp3) is 0.667. The van der Waals surface area contributed by atoms with Crippen LogP contribution in [0.5, 0.6) is 0 Å². The van der Waals surface area contributed by atoms with Crippen molar-refractivity contribution in [3.05, 3.63) is 32.6 Å². The van der Waals surface area contributed by atoms with Gasteiger partial charge in [0.05, 0.1) is 6.61 Å². The van der Waals surface area contributed by atoms with E-state index in [1.165, 1.54) is 10.8 Å². The molecule has 2 aliphatic heterocycles. The van der Waals surface area contributed by atoms with Crippen molar-refractivity contribution < 1.29 is 23.2 Å². The van der Waals surface area contributed by atoms with Gasteiger partial charge in [-0.1, -0.05) is 13.3 Å². The summed E-state index contributed by atoms with van der Waals surface area (Å²) in [6, 6.07) is 0. The maximum absolute atomic E-state index is 12.0. The SMILES string of the molecule is CCCc1cn([C@H]2CC3OP(=O)(O)OCC3O2)c(=O)[nH]c1=O. The van der Waals surface area contributed by atoms with Gasteiger partial charge < -0.3 is 9.63 Å². The Bertz CT molecular complexity index is 727. The van der Waals surface area contributed by atoms with Crippen molar-refractivity contribution in [2.45, 2.75) is 44.6 Å². The molecule has 3 rings (SSSR count). The van der Waals surface area contributed by atoms with Gasteiger partial charge in [0.15, 0.2) is 0 Å². The quantitative estimate of drug-likeness (QED) is 0.763. The number of nitrogens with one attached hydrogen (secondary N) is 1. The summed E-state index contributed by atoms with van der Waals surface area (Å²) in [4.78, 5) is 35.3. The first-order chi connectivity index (χ1) is 10.4. The molecule has 0 radical (unpaired) electrons.